The maximum Gasteiger partial charge on any atom is 0.255 e. The van der Waals surface area contributed by atoms with Gasteiger partial charge in [-0.3, -0.25) is 9.59 Å². The summed E-state index contributed by atoms with van der Waals surface area (Å²) in [6, 6.07) is 14.6. The molecule has 1 saturated heterocycles. The van der Waals surface area contributed by atoms with Crippen LogP contribution in [0.25, 0.3) is 0 Å². The monoisotopic (exact) mass is 372 g/mol. The predicted octanol–water partition coefficient (Wildman–Crippen LogP) is 4.22. The molecule has 118 valence electrons. The van der Waals surface area contributed by atoms with Crippen LogP contribution in [0.15, 0.2) is 53.0 Å². The van der Waals surface area contributed by atoms with Gasteiger partial charge >= 0.3 is 0 Å². The van der Waals surface area contributed by atoms with Crippen molar-refractivity contribution in [2.75, 3.05) is 16.8 Å². The minimum atomic E-state index is -0.167. The van der Waals surface area contributed by atoms with Gasteiger partial charge in [0.25, 0.3) is 5.91 Å². The average Bonchev–Trinajstić information content (AvgIpc) is 2.56. The number of piperidine rings is 1. The Bertz CT molecular complexity index is 728. The lowest BCUT2D eigenvalue weighted by molar-refractivity contribution is -0.119. The second-order valence-electron chi connectivity index (χ2n) is 5.51. The number of anilines is 2. The molecule has 1 heterocycles. The van der Waals surface area contributed by atoms with Gasteiger partial charge in [-0.2, -0.15) is 0 Å². The van der Waals surface area contributed by atoms with E-state index in [1.165, 1.54) is 0 Å². The molecule has 0 aliphatic carbocycles. The van der Waals surface area contributed by atoms with Crippen molar-refractivity contribution in [2.24, 2.45) is 0 Å². The second-order valence-corrected chi connectivity index (χ2v) is 6.43. The van der Waals surface area contributed by atoms with Crippen molar-refractivity contribution in [3.05, 3.63) is 58.6 Å². The summed E-state index contributed by atoms with van der Waals surface area (Å²) in [5.41, 5.74) is 2.12. The fraction of sp³-hybridized carbons (Fsp3) is 0.222. The van der Waals surface area contributed by atoms with Gasteiger partial charge in [0, 0.05) is 34.4 Å². The van der Waals surface area contributed by atoms with E-state index in [9.17, 15) is 9.59 Å². The molecule has 2 aromatic rings. The quantitative estimate of drug-likeness (QED) is 0.876. The summed E-state index contributed by atoms with van der Waals surface area (Å²) in [5.74, 6) is -0.0211. The molecule has 0 spiro atoms. The molecule has 1 aliphatic heterocycles. The van der Waals surface area contributed by atoms with Crippen LogP contribution >= 0.6 is 15.9 Å². The number of hydrogen-bond donors (Lipinski definition) is 1. The molecule has 0 aromatic heterocycles. The molecule has 1 N–H and O–H groups in total. The third-order valence-electron chi connectivity index (χ3n) is 3.85. The number of nitrogens with zero attached hydrogens (tertiary/aromatic N) is 1. The van der Waals surface area contributed by atoms with E-state index in [0.717, 1.165) is 29.5 Å². The molecule has 0 unspecified atom stereocenters. The van der Waals surface area contributed by atoms with Gasteiger partial charge in [0.1, 0.15) is 0 Å². The first-order valence-corrected chi connectivity index (χ1v) is 8.40. The summed E-state index contributed by atoms with van der Waals surface area (Å²) in [6.07, 6.45) is 2.56. The van der Waals surface area contributed by atoms with E-state index >= 15 is 0 Å². The van der Waals surface area contributed by atoms with Crippen LogP contribution in [0.1, 0.15) is 29.6 Å². The number of nitrogens with one attached hydrogen (secondary N) is 1. The average molecular weight is 373 g/mol. The van der Waals surface area contributed by atoms with Gasteiger partial charge in [-0.05, 0) is 55.3 Å². The zero-order valence-electron chi connectivity index (χ0n) is 12.6. The van der Waals surface area contributed by atoms with Gasteiger partial charge in [-0.25, -0.2) is 0 Å². The van der Waals surface area contributed by atoms with Crippen LogP contribution in [-0.2, 0) is 4.79 Å². The van der Waals surface area contributed by atoms with Crippen molar-refractivity contribution >= 4 is 39.1 Å². The molecule has 2 aromatic carbocycles. The Morgan fingerprint density at radius 2 is 1.87 bits per heavy atom. The van der Waals surface area contributed by atoms with E-state index < -0.39 is 0 Å². The van der Waals surface area contributed by atoms with E-state index in [-0.39, 0.29) is 11.8 Å². The second kappa shape index (κ2) is 6.96. The van der Waals surface area contributed by atoms with Crippen molar-refractivity contribution in [1.82, 2.24) is 0 Å². The minimum Gasteiger partial charge on any atom is -0.322 e. The lowest BCUT2D eigenvalue weighted by Crippen LogP contribution is -2.35. The highest BCUT2D eigenvalue weighted by molar-refractivity contribution is 9.10. The maximum atomic E-state index is 12.3. The molecule has 0 saturated carbocycles. The molecule has 0 atom stereocenters. The third kappa shape index (κ3) is 3.79. The molecule has 2 amide bonds. The van der Waals surface area contributed by atoms with Gasteiger partial charge in [0.2, 0.25) is 5.91 Å². The number of halogens is 1. The Balaban J connectivity index is 1.76. The van der Waals surface area contributed by atoms with Gasteiger partial charge in [-0.1, -0.05) is 22.0 Å². The first-order valence-electron chi connectivity index (χ1n) is 7.61. The van der Waals surface area contributed by atoms with Crippen molar-refractivity contribution in [3.8, 4) is 0 Å². The highest BCUT2D eigenvalue weighted by Gasteiger charge is 2.19. The molecule has 0 bridgehead atoms. The zero-order valence-corrected chi connectivity index (χ0v) is 14.2. The van der Waals surface area contributed by atoms with Crippen LogP contribution in [0.3, 0.4) is 0 Å². The number of rotatable bonds is 3. The normalized spacial score (nSPS) is 14.7. The highest BCUT2D eigenvalue weighted by atomic mass is 79.9. The van der Waals surface area contributed by atoms with E-state index in [1.54, 1.807) is 17.0 Å². The first-order chi connectivity index (χ1) is 11.1. The first kappa shape index (κ1) is 15.7. The van der Waals surface area contributed by atoms with E-state index in [2.05, 4.69) is 21.2 Å². The number of amides is 2. The molecule has 4 nitrogen and oxygen atoms in total. The largest absolute Gasteiger partial charge is 0.322 e. The van der Waals surface area contributed by atoms with Crippen molar-refractivity contribution in [3.63, 3.8) is 0 Å². The van der Waals surface area contributed by atoms with E-state index in [1.807, 2.05) is 36.4 Å². The zero-order chi connectivity index (χ0) is 16.2. The fourth-order valence-electron chi connectivity index (χ4n) is 2.63. The Hall–Kier alpha value is -2.14. The summed E-state index contributed by atoms with van der Waals surface area (Å²) in [6.45, 7) is 0.739. The van der Waals surface area contributed by atoms with E-state index in [4.69, 9.17) is 0 Å². The lowest BCUT2D eigenvalue weighted by atomic mass is 10.1. The molecule has 1 aliphatic rings. The van der Waals surface area contributed by atoms with E-state index in [0.29, 0.717) is 17.7 Å². The number of hydrogen-bond acceptors (Lipinski definition) is 2. The summed E-state index contributed by atoms with van der Waals surface area (Å²) in [5, 5.41) is 2.88. The van der Waals surface area contributed by atoms with Crippen molar-refractivity contribution in [2.45, 2.75) is 19.3 Å². The number of benzene rings is 2. The molecule has 1 fully saturated rings. The summed E-state index contributed by atoms with van der Waals surface area (Å²) < 4.78 is 0.930. The predicted molar refractivity (Wildman–Crippen MR) is 94.7 cm³/mol. The standard InChI is InChI=1S/C18H17BrN2O2/c19-14-9-7-13(8-10-14)18(23)20-15-4-3-5-16(12-15)21-11-2-1-6-17(21)22/h3-5,7-10,12H,1-2,6,11H2,(H,20,23). The topological polar surface area (TPSA) is 49.4 Å². The summed E-state index contributed by atoms with van der Waals surface area (Å²) >= 11 is 3.35. The third-order valence-corrected chi connectivity index (χ3v) is 4.37. The molecule has 23 heavy (non-hydrogen) atoms. The van der Waals surface area contributed by atoms with Gasteiger partial charge in [0.15, 0.2) is 0 Å². The Morgan fingerprint density at radius 1 is 1.09 bits per heavy atom. The van der Waals surface area contributed by atoms with Crippen LogP contribution in [-0.4, -0.2) is 18.4 Å². The molecular weight excluding hydrogens is 356 g/mol. The molecule has 5 heteroatoms. The van der Waals surface area contributed by atoms with Crippen molar-refractivity contribution < 1.29 is 9.59 Å². The van der Waals surface area contributed by atoms with Crippen LogP contribution in [0.5, 0.6) is 0 Å². The lowest BCUT2D eigenvalue weighted by Gasteiger charge is -2.27. The van der Waals surface area contributed by atoms with Crippen LogP contribution in [0.2, 0.25) is 0 Å². The Morgan fingerprint density at radius 3 is 2.61 bits per heavy atom. The van der Waals surface area contributed by atoms with Crippen LogP contribution < -0.4 is 10.2 Å². The smallest absolute Gasteiger partial charge is 0.255 e. The number of carbonyl (C=O) groups is 2. The fourth-order valence-corrected chi connectivity index (χ4v) is 2.90. The summed E-state index contributed by atoms with van der Waals surface area (Å²) in [7, 11) is 0. The SMILES string of the molecule is O=C(Nc1cccc(N2CCCCC2=O)c1)c1ccc(Br)cc1. The van der Waals surface area contributed by atoms with Gasteiger partial charge < -0.3 is 10.2 Å². The van der Waals surface area contributed by atoms with Gasteiger partial charge in [-0.15, -0.1) is 0 Å². The van der Waals surface area contributed by atoms with Crippen LogP contribution in [0, 0.1) is 0 Å². The highest BCUT2D eigenvalue weighted by Crippen LogP contribution is 2.24. The van der Waals surface area contributed by atoms with Gasteiger partial charge in [0.05, 0.1) is 0 Å². The van der Waals surface area contributed by atoms with Crippen molar-refractivity contribution in [1.29, 1.82) is 0 Å². The summed E-state index contributed by atoms with van der Waals surface area (Å²) in [4.78, 5) is 26.1. The molecule has 3 rings (SSSR count). The van der Waals surface area contributed by atoms with Crippen LogP contribution in [0.4, 0.5) is 11.4 Å². The Labute approximate surface area is 143 Å². The maximum absolute atomic E-state index is 12.3. The number of carbonyl (C=O) groups excluding carboxylic acids is 2. The minimum absolute atomic E-state index is 0.146. The Kier molecular flexibility index (Phi) is 4.76. The molecular formula is C18H17BrN2O2. The molecule has 0 radical (unpaired) electrons.